The molecule has 1 atom stereocenters. The summed E-state index contributed by atoms with van der Waals surface area (Å²) in [4.78, 5) is 2.39. The van der Waals surface area contributed by atoms with E-state index in [0.29, 0.717) is 5.56 Å². The molecule has 1 aliphatic rings. The fourth-order valence-electron chi connectivity index (χ4n) is 4.72. The van der Waals surface area contributed by atoms with Crippen LogP contribution < -0.4 is 9.64 Å². The van der Waals surface area contributed by atoms with Crippen LogP contribution in [-0.4, -0.2) is 32.0 Å². The SMILES string of the molecule is CCCCN(CCCC)c1ccc(/C=C/c2ccc(/C=C/C3=C(C#N)C(=C(C#N)C#N)OC3(C)C(F)(F)F)cc2)c(OC)c1. The van der Waals surface area contributed by atoms with Crippen LogP contribution in [0.3, 0.4) is 0 Å². The van der Waals surface area contributed by atoms with Gasteiger partial charge in [0, 0.05) is 36.0 Å². The van der Waals surface area contributed by atoms with E-state index in [1.165, 1.54) is 18.2 Å². The lowest BCUT2D eigenvalue weighted by Gasteiger charge is -2.28. The van der Waals surface area contributed by atoms with Gasteiger partial charge in [0.15, 0.2) is 11.3 Å². The van der Waals surface area contributed by atoms with Crippen LogP contribution in [-0.2, 0) is 4.74 Å². The highest BCUT2D eigenvalue weighted by Crippen LogP contribution is 2.49. The van der Waals surface area contributed by atoms with Crippen molar-refractivity contribution in [3.05, 3.63) is 87.7 Å². The van der Waals surface area contributed by atoms with Gasteiger partial charge in [-0.25, -0.2) is 0 Å². The molecule has 0 amide bonds. The van der Waals surface area contributed by atoms with Crippen molar-refractivity contribution in [2.75, 3.05) is 25.1 Å². The van der Waals surface area contributed by atoms with Gasteiger partial charge < -0.3 is 14.4 Å². The molecule has 9 heteroatoms. The molecule has 0 saturated carbocycles. The van der Waals surface area contributed by atoms with Gasteiger partial charge in [0.25, 0.3) is 0 Å². The number of hydrogen-bond acceptors (Lipinski definition) is 6. The second-order valence-electron chi connectivity index (χ2n) is 10.4. The Balaban J connectivity index is 1.86. The van der Waals surface area contributed by atoms with E-state index in [1.807, 2.05) is 30.4 Å². The van der Waals surface area contributed by atoms with E-state index in [1.54, 1.807) is 25.3 Å². The fraction of sp³-hybridized carbons (Fsp3) is 0.343. The van der Waals surface area contributed by atoms with Crippen LogP contribution in [0.15, 0.2) is 71.0 Å². The number of rotatable bonds is 12. The first kappa shape index (κ1) is 33.6. The van der Waals surface area contributed by atoms with Crippen molar-refractivity contribution in [3.8, 4) is 24.0 Å². The number of alkyl halides is 3. The van der Waals surface area contributed by atoms with E-state index in [2.05, 4.69) is 30.9 Å². The van der Waals surface area contributed by atoms with Gasteiger partial charge >= 0.3 is 6.18 Å². The molecule has 2 aromatic carbocycles. The monoisotopic (exact) mass is 600 g/mol. The molecule has 44 heavy (non-hydrogen) atoms. The molecule has 1 heterocycles. The first-order valence-corrected chi connectivity index (χ1v) is 14.4. The summed E-state index contributed by atoms with van der Waals surface area (Å²) in [6, 6.07) is 18.0. The standard InChI is InChI=1S/C35H35F3N4O2/c1-5-7-19-42(20-8-6-2)29-17-16-27(32(21-29)43-4)15-13-25-9-11-26(12-10-25)14-18-31-30(24-41)33(28(22-39)23-40)44-34(31,3)35(36,37)38/h9-18,21H,5-8,19-20H2,1-4H3/b15-13+,18-14+. The maximum atomic E-state index is 14.1. The number of ether oxygens (including phenoxy) is 2. The minimum Gasteiger partial charge on any atom is -0.496 e. The predicted octanol–water partition coefficient (Wildman–Crippen LogP) is 8.76. The molecule has 1 aliphatic heterocycles. The zero-order valence-electron chi connectivity index (χ0n) is 25.3. The van der Waals surface area contributed by atoms with Crippen molar-refractivity contribution in [2.24, 2.45) is 0 Å². The third kappa shape index (κ3) is 7.52. The molecule has 0 bridgehead atoms. The quantitative estimate of drug-likeness (QED) is 0.179. The maximum Gasteiger partial charge on any atom is 0.432 e. The molecule has 228 valence electrons. The Morgan fingerprint density at radius 1 is 0.909 bits per heavy atom. The molecule has 0 aromatic heterocycles. The number of unbranched alkanes of at least 4 members (excludes halogenated alkanes) is 2. The van der Waals surface area contributed by atoms with Crippen LogP contribution in [0.5, 0.6) is 5.75 Å². The van der Waals surface area contributed by atoms with Crippen molar-refractivity contribution >= 4 is 23.9 Å². The van der Waals surface area contributed by atoms with Gasteiger partial charge in [0.2, 0.25) is 5.60 Å². The number of halogens is 3. The molecule has 0 aliphatic carbocycles. The van der Waals surface area contributed by atoms with Gasteiger partial charge in [0.1, 0.15) is 29.5 Å². The zero-order valence-corrected chi connectivity index (χ0v) is 25.3. The van der Waals surface area contributed by atoms with Gasteiger partial charge in [-0.15, -0.1) is 0 Å². The van der Waals surface area contributed by atoms with Crippen LogP contribution in [0, 0.1) is 34.0 Å². The van der Waals surface area contributed by atoms with Gasteiger partial charge in [-0.3, -0.25) is 0 Å². The van der Waals surface area contributed by atoms with E-state index >= 15 is 0 Å². The Labute approximate surface area is 257 Å². The second-order valence-corrected chi connectivity index (χ2v) is 10.4. The smallest absolute Gasteiger partial charge is 0.432 e. The van der Waals surface area contributed by atoms with Crippen molar-refractivity contribution in [1.29, 1.82) is 15.8 Å². The highest BCUT2D eigenvalue weighted by molar-refractivity contribution is 5.75. The summed E-state index contributed by atoms with van der Waals surface area (Å²) >= 11 is 0. The maximum absolute atomic E-state index is 14.1. The van der Waals surface area contributed by atoms with Crippen LogP contribution in [0.2, 0.25) is 0 Å². The van der Waals surface area contributed by atoms with Crippen LogP contribution in [0.25, 0.3) is 18.2 Å². The molecule has 6 nitrogen and oxygen atoms in total. The molecule has 0 N–H and O–H groups in total. The molecule has 0 fully saturated rings. The Morgan fingerprint density at radius 3 is 1.95 bits per heavy atom. The number of allylic oxidation sites excluding steroid dienone is 2. The molecular formula is C35H35F3N4O2. The van der Waals surface area contributed by atoms with Crippen molar-refractivity contribution in [2.45, 2.75) is 58.2 Å². The summed E-state index contributed by atoms with van der Waals surface area (Å²) in [6.45, 7) is 7.12. The topological polar surface area (TPSA) is 93.1 Å². The average Bonchev–Trinajstić information content (AvgIpc) is 3.32. The third-order valence-electron chi connectivity index (χ3n) is 7.40. The summed E-state index contributed by atoms with van der Waals surface area (Å²) in [6.07, 6.45) is 6.01. The minimum atomic E-state index is -4.91. The Hall–Kier alpha value is -4.94. The molecule has 1 unspecified atom stereocenters. The van der Waals surface area contributed by atoms with Crippen LogP contribution in [0.4, 0.5) is 18.9 Å². The lowest BCUT2D eigenvalue weighted by molar-refractivity contribution is -0.236. The summed E-state index contributed by atoms with van der Waals surface area (Å²) in [5.41, 5.74) is -1.11. The van der Waals surface area contributed by atoms with Gasteiger partial charge in [-0.2, -0.15) is 29.0 Å². The highest BCUT2D eigenvalue weighted by atomic mass is 19.4. The molecular weight excluding hydrogens is 565 g/mol. The predicted molar refractivity (Wildman–Crippen MR) is 166 cm³/mol. The molecule has 0 spiro atoms. The lowest BCUT2D eigenvalue weighted by atomic mass is 9.91. The highest BCUT2D eigenvalue weighted by Gasteiger charge is 2.60. The third-order valence-corrected chi connectivity index (χ3v) is 7.40. The minimum absolute atomic E-state index is 0.479. The first-order valence-electron chi connectivity index (χ1n) is 14.4. The number of nitrogens with zero attached hydrogens (tertiary/aromatic N) is 4. The van der Waals surface area contributed by atoms with Gasteiger partial charge in [-0.1, -0.05) is 75.3 Å². The largest absolute Gasteiger partial charge is 0.496 e. The fourth-order valence-corrected chi connectivity index (χ4v) is 4.72. The summed E-state index contributed by atoms with van der Waals surface area (Å²) < 4.78 is 52.9. The Kier molecular flexibility index (Phi) is 11.4. The van der Waals surface area contributed by atoms with Crippen molar-refractivity contribution < 1.29 is 22.6 Å². The van der Waals surface area contributed by atoms with Crippen molar-refractivity contribution in [1.82, 2.24) is 0 Å². The lowest BCUT2D eigenvalue weighted by Crippen LogP contribution is -2.43. The van der Waals surface area contributed by atoms with E-state index < -0.39 is 34.3 Å². The van der Waals surface area contributed by atoms with Crippen LogP contribution in [0.1, 0.15) is 63.1 Å². The summed E-state index contributed by atoms with van der Waals surface area (Å²) in [5.74, 6) is 0.0873. The molecule has 2 aromatic rings. The summed E-state index contributed by atoms with van der Waals surface area (Å²) in [7, 11) is 1.65. The molecule has 3 rings (SSSR count). The number of hydrogen-bond donors (Lipinski definition) is 0. The Bertz CT molecular complexity index is 1560. The first-order chi connectivity index (χ1) is 21.1. The van der Waals surface area contributed by atoms with E-state index in [0.717, 1.165) is 74.3 Å². The average molecular weight is 601 g/mol. The number of benzene rings is 2. The zero-order chi connectivity index (χ0) is 32.3. The van der Waals surface area contributed by atoms with Gasteiger partial charge in [-0.05, 0) is 43.0 Å². The summed E-state index contributed by atoms with van der Waals surface area (Å²) in [5, 5.41) is 28.0. The number of nitriles is 3. The second kappa shape index (κ2) is 15.0. The van der Waals surface area contributed by atoms with Crippen LogP contribution >= 0.6 is 0 Å². The van der Waals surface area contributed by atoms with Crippen molar-refractivity contribution in [3.63, 3.8) is 0 Å². The van der Waals surface area contributed by atoms with E-state index in [-0.39, 0.29) is 0 Å². The number of anilines is 1. The molecule has 0 saturated heterocycles. The van der Waals surface area contributed by atoms with E-state index in [4.69, 9.17) is 9.47 Å². The van der Waals surface area contributed by atoms with E-state index in [9.17, 15) is 29.0 Å². The number of methoxy groups -OCH3 is 1. The normalized spacial score (nSPS) is 16.5. The van der Waals surface area contributed by atoms with Gasteiger partial charge in [0.05, 0.1) is 7.11 Å². The molecule has 0 radical (unpaired) electrons. The Morgan fingerprint density at radius 2 is 1.48 bits per heavy atom.